The Balaban J connectivity index is 1.36. The van der Waals surface area contributed by atoms with Gasteiger partial charge in [-0.25, -0.2) is 4.98 Å². The second-order valence-corrected chi connectivity index (χ2v) is 9.96. The molecular formula is C30H37N5O2. The molecule has 2 heterocycles. The molecule has 1 saturated heterocycles. The summed E-state index contributed by atoms with van der Waals surface area (Å²) >= 11 is 0. The van der Waals surface area contributed by atoms with E-state index in [0.29, 0.717) is 44.2 Å². The van der Waals surface area contributed by atoms with E-state index in [1.165, 1.54) is 23.5 Å². The number of carbonyl (C=O) groups excluding carboxylic acids is 2. The van der Waals surface area contributed by atoms with E-state index in [1.54, 1.807) is 11.1 Å². The highest BCUT2D eigenvalue weighted by Gasteiger charge is 2.28. The van der Waals surface area contributed by atoms with Gasteiger partial charge in [0.05, 0.1) is 12.2 Å². The molecule has 0 spiro atoms. The number of piperazine rings is 1. The summed E-state index contributed by atoms with van der Waals surface area (Å²) < 4.78 is 0. The zero-order valence-electron chi connectivity index (χ0n) is 21.9. The summed E-state index contributed by atoms with van der Waals surface area (Å²) in [6, 6.07) is 21.3. The van der Waals surface area contributed by atoms with Crippen molar-refractivity contribution in [2.75, 3.05) is 39.3 Å². The molecule has 0 bridgehead atoms. The van der Waals surface area contributed by atoms with Gasteiger partial charge in [0, 0.05) is 58.1 Å². The van der Waals surface area contributed by atoms with Crippen LogP contribution in [-0.2, 0) is 4.79 Å². The van der Waals surface area contributed by atoms with Crippen LogP contribution in [0.3, 0.4) is 0 Å². The van der Waals surface area contributed by atoms with E-state index in [1.807, 2.05) is 17.0 Å². The van der Waals surface area contributed by atoms with Crippen molar-refractivity contribution < 1.29 is 9.59 Å². The summed E-state index contributed by atoms with van der Waals surface area (Å²) in [6.45, 7) is 8.22. The Morgan fingerprint density at radius 2 is 1.49 bits per heavy atom. The predicted molar refractivity (Wildman–Crippen MR) is 145 cm³/mol. The van der Waals surface area contributed by atoms with Gasteiger partial charge in [-0.15, -0.1) is 0 Å². The average molecular weight is 500 g/mol. The van der Waals surface area contributed by atoms with Crippen molar-refractivity contribution in [2.24, 2.45) is 5.92 Å². The molecular weight excluding hydrogens is 462 g/mol. The van der Waals surface area contributed by atoms with Gasteiger partial charge in [-0.2, -0.15) is 0 Å². The van der Waals surface area contributed by atoms with Crippen LogP contribution in [0.2, 0.25) is 0 Å². The van der Waals surface area contributed by atoms with Gasteiger partial charge in [-0.05, 0) is 23.5 Å². The summed E-state index contributed by atoms with van der Waals surface area (Å²) in [5.74, 6) is 0.389. The molecule has 1 aliphatic rings. The lowest BCUT2D eigenvalue weighted by molar-refractivity contribution is -0.133. The third-order valence-corrected chi connectivity index (χ3v) is 6.90. The lowest BCUT2D eigenvalue weighted by Crippen LogP contribution is -2.50. The fraction of sp³-hybridized carbons (Fsp3) is 0.400. The minimum absolute atomic E-state index is 0.0946. The molecule has 0 radical (unpaired) electrons. The second-order valence-electron chi connectivity index (χ2n) is 9.96. The van der Waals surface area contributed by atoms with Crippen molar-refractivity contribution in [3.63, 3.8) is 0 Å². The van der Waals surface area contributed by atoms with E-state index in [2.05, 4.69) is 77.2 Å². The number of amides is 2. The fourth-order valence-electron chi connectivity index (χ4n) is 4.80. The standard InChI is InChI=1S/C30H37N5O2/c1-24(2)13-17-35(30(37)27-23-31-15-16-32-27)18-14-28(36)33-19-21-34(22-20-33)29(25-9-5-3-6-10-25)26-11-7-4-8-12-26/h3-12,15-16,23-24,29H,13-14,17-22H2,1-2H3. The summed E-state index contributed by atoms with van der Waals surface area (Å²) in [7, 11) is 0. The molecule has 0 unspecified atom stereocenters. The van der Waals surface area contributed by atoms with E-state index in [0.717, 1.165) is 19.5 Å². The van der Waals surface area contributed by atoms with Crippen LogP contribution in [0.5, 0.6) is 0 Å². The largest absolute Gasteiger partial charge is 0.340 e. The van der Waals surface area contributed by atoms with Crippen LogP contribution in [0.1, 0.15) is 54.3 Å². The minimum atomic E-state index is -0.167. The molecule has 1 aromatic heterocycles. The molecule has 37 heavy (non-hydrogen) atoms. The van der Waals surface area contributed by atoms with Crippen molar-refractivity contribution in [1.82, 2.24) is 24.7 Å². The molecule has 7 heteroatoms. The first-order valence-corrected chi connectivity index (χ1v) is 13.2. The molecule has 7 nitrogen and oxygen atoms in total. The van der Waals surface area contributed by atoms with Crippen molar-refractivity contribution in [3.8, 4) is 0 Å². The first-order valence-electron chi connectivity index (χ1n) is 13.2. The zero-order valence-corrected chi connectivity index (χ0v) is 21.9. The van der Waals surface area contributed by atoms with Crippen LogP contribution in [0.4, 0.5) is 0 Å². The molecule has 2 amide bonds. The molecule has 1 aliphatic heterocycles. The molecule has 0 N–H and O–H groups in total. The van der Waals surface area contributed by atoms with Gasteiger partial charge in [0.25, 0.3) is 5.91 Å². The number of aromatic nitrogens is 2. The molecule has 194 valence electrons. The van der Waals surface area contributed by atoms with Crippen LogP contribution < -0.4 is 0 Å². The molecule has 4 rings (SSSR count). The normalized spacial score (nSPS) is 14.2. The molecule has 1 fully saturated rings. The smallest absolute Gasteiger partial charge is 0.274 e. The van der Waals surface area contributed by atoms with Gasteiger partial charge < -0.3 is 9.80 Å². The first kappa shape index (κ1) is 26.5. The lowest BCUT2D eigenvalue weighted by atomic mass is 9.96. The van der Waals surface area contributed by atoms with Crippen molar-refractivity contribution in [3.05, 3.63) is 96.1 Å². The van der Waals surface area contributed by atoms with Gasteiger partial charge in [0.1, 0.15) is 5.69 Å². The molecule has 0 atom stereocenters. The Labute approximate surface area is 220 Å². The van der Waals surface area contributed by atoms with E-state index in [4.69, 9.17) is 0 Å². The summed E-state index contributed by atoms with van der Waals surface area (Å²) in [6.07, 6.45) is 5.75. The van der Waals surface area contributed by atoms with Crippen molar-refractivity contribution in [1.29, 1.82) is 0 Å². The second kappa shape index (κ2) is 13.1. The summed E-state index contributed by atoms with van der Waals surface area (Å²) in [5.41, 5.74) is 2.84. The molecule has 2 aromatic carbocycles. The Morgan fingerprint density at radius 1 is 0.865 bits per heavy atom. The monoisotopic (exact) mass is 499 g/mol. The summed E-state index contributed by atoms with van der Waals surface area (Å²) in [4.78, 5) is 40.5. The lowest BCUT2D eigenvalue weighted by Gasteiger charge is -2.40. The third kappa shape index (κ3) is 7.23. The van der Waals surface area contributed by atoms with E-state index in [9.17, 15) is 9.59 Å². The number of hydrogen-bond acceptors (Lipinski definition) is 5. The topological polar surface area (TPSA) is 69.6 Å². The van der Waals surface area contributed by atoms with Crippen LogP contribution in [-0.4, -0.2) is 75.8 Å². The number of hydrogen-bond donors (Lipinski definition) is 0. The average Bonchev–Trinajstić information content (AvgIpc) is 2.94. The first-order chi connectivity index (χ1) is 18.0. The Hall–Kier alpha value is -3.58. The summed E-state index contributed by atoms with van der Waals surface area (Å²) in [5, 5.41) is 0. The molecule has 3 aromatic rings. The van der Waals surface area contributed by atoms with E-state index < -0.39 is 0 Å². The highest BCUT2D eigenvalue weighted by atomic mass is 16.2. The van der Waals surface area contributed by atoms with Crippen LogP contribution in [0.25, 0.3) is 0 Å². The molecule has 0 aliphatic carbocycles. The van der Waals surface area contributed by atoms with Gasteiger partial charge in [-0.1, -0.05) is 74.5 Å². The van der Waals surface area contributed by atoms with Gasteiger partial charge in [-0.3, -0.25) is 19.5 Å². The van der Waals surface area contributed by atoms with Crippen LogP contribution in [0, 0.1) is 5.92 Å². The maximum Gasteiger partial charge on any atom is 0.274 e. The number of benzene rings is 2. The Morgan fingerprint density at radius 3 is 2.03 bits per heavy atom. The predicted octanol–water partition coefficient (Wildman–Crippen LogP) is 4.29. The van der Waals surface area contributed by atoms with Crippen LogP contribution in [0.15, 0.2) is 79.3 Å². The van der Waals surface area contributed by atoms with E-state index in [-0.39, 0.29) is 17.9 Å². The maximum atomic E-state index is 13.2. The van der Waals surface area contributed by atoms with Crippen molar-refractivity contribution in [2.45, 2.75) is 32.7 Å². The van der Waals surface area contributed by atoms with Gasteiger partial charge >= 0.3 is 0 Å². The Bertz CT molecular complexity index is 1080. The highest BCUT2D eigenvalue weighted by Crippen LogP contribution is 2.29. The van der Waals surface area contributed by atoms with Gasteiger partial charge in [0.15, 0.2) is 0 Å². The molecule has 0 saturated carbocycles. The van der Waals surface area contributed by atoms with Crippen LogP contribution >= 0.6 is 0 Å². The minimum Gasteiger partial charge on any atom is -0.340 e. The van der Waals surface area contributed by atoms with Crippen molar-refractivity contribution >= 4 is 11.8 Å². The van der Waals surface area contributed by atoms with E-state index >= 15 is 0 Å². The zero-order chi connectivity index (χ0) is 26.0. The quantitative estimate of drug-likeness (QED) is 0.416. The third-order valence-electron chi connectivity index (χ3n) is 6.90. The SMILES string of the molecule is CC(C)CCN(CCC(=O)N1CCN(C(c2ccccc2)c2ccccc2)CC1)C(=O)c1cnccn1. The fourth-order valence-corrected chi connectivity index (χ4v) is 4.80. The number of carbonyl (C=O) groups is 2. The highest BCUT2D eigenvalue weighted by molar-refractivity contribution is 5.92. The van der Waals surface area contributed by atoms with Gasteiger partial charge in [0.2, 0.25) is 5.91 Å². The number of rotatable bonds is 10. The Kier molecular flexibility index (Phi) is 9.38. The maximum absolute atomic E-state index is 13.2. The number of nitrogens with zero attached hydrogens (tertiary/aromatic N) is 5.